The maximum atomic E-state index is 12.0. The van der Waals surface area contributed by atoms with E-state index in [9.17, 15) is 14.9 Å². The van der Waals surface area contributed by atoms with E-state index in [0.29, 0.717) is 22.7 Å². The SMILES string of the molecule is COc1ccc(NC(=O)/C=C\c2cccc([N+](=O)[O-])c2)c(OC)c1. The number of methoxy groups -OCH3 is 2. The maximum Gasteiger partial charge on any atom is 0.270 e. The predicted molar refractivity (Wildman–Crippen MR) is 90.3 cm³/mol. The molecule has 2 aromatic carbocycles. The van der Waals surface area contributed by atoms with Gasteiger partial charge in [-0.1, -0.05) is 12.1 Å². The first-order valence-corrected chi connectivity index (χ1v) is 6.99. The van der Waals surface area contributed by atoms with Gasteiger partial charge in [0.2, 0.25) is 5.91 Å². The molecule has 0 atom stereocenters. The molecular formula is C17H16N2O5. The summed E-state index contributed by atoms with van der Waals surface area (Å²) < 4.78 is 10.3. The van der Waals surface area contributed by atoms with E-state index in [4.69, 9.17) is 9.47 Å². The number of carbonyl (C=O) groups excluding carboxylic acids is 1. The Morgan fingerprint density at radius 2 is 1.96 bits per heavy atom. The number of hydrogen-bond donors (Lipinski definition) is 1. The van der Waals surface area contributed by atoms with E-state index in [1.165, 1.54) is 38.5 Å². The third kappa shape index (κ3) is 4.33. The molecule has 0 aromatic heterocycles. The molecule has 0 bridgehead atoms. The normalized spacial score (nSPS) is 10.4. The molecule has 0 saturated heterocycles. The summed E-state index contributed by atoms with van der Waals surface area (Å²) >= 11 is 0. The molecule has 0 spiro atoms. The van der Waals surface area contributed by atoms with Gasteiger partial charge < -0.3 is 14.8 Å². The number of amides is 1. The van der Waals surface area contributed by atoms with Crippen molar-refractivity contribution in [2.45, 2.75) is 0 Å². The summed E-state index contributed by atoms with van der Waals surface area (Å²) in [5.41, 5.74) is 1.02. The Hall–Kier alpha value is -3.35. The van der Waals surface area contributed by atoms with E-state index in [0.717, 1.165) is 0 Å². The number of benzene rings is 2. The number of ether oxygens (including phenoxy) is 2. The van der Waals surface area contributed by atoms with Gasteiger partial charge in [-0.3, -0.25) is 14.9 Å². The molecule has 7 nitrogen and oxygen atoms in total. The molecule has 0 heterocycles. The van der Waals surface area contributed by atoms with E-state index in [-0.39, 0.29) is 11.6 Å². The minimum atomic E-state index is -0.486. The average Bonchev–Trinajstić information content (AvgIpc) is 2.60. The summed E-state index contributed by atoms with van der Waals surface area (Å²) in [5, 5.41) is 13.4. The molecule has 24 heavy (non-hydrogen) atoms. The second-order valence-corrected chi connectivity index (χ2v) is 4.74. The Kier molecular flexibility index (Phi) is 5.51. The minimum absolute atomic E-state index is 0.0330. The summed E-state index contributed by atoms with van der Waals surface area (Å²) in [5.74, 6) is 0.688. The largest absolute Gasteiger partial charge is 0.497 e. The van der Waals surface area contributed by atoms with Gasteiger partial charge in [0.25, 0.3) is 5.69 Å². The van der Waals surface area contributed by atoms with Crippen molar-refractivity contribution in [3.05, 3.63) is 64.2 Å². The van der Waals surface area contributed by atoms with Crippen LogP contribution in [0.3, 0.4) is 0 Å². The molecular weight excluding hydrogens is 312 g/mol. The number of nitro benzene ring substituents is 1. The van der Waals surface area contributed by atoms with E-state index in [1.807, 2.05) is 0 Å². The van der Waals surface area contributed by atoms with Crippen LogP contribution in [0.4, 0.5) is 11.4 Å². The van der Waals surface area contributed by atoms with E-state index in [1.54, 1.807) is 30.3 Å². The van der Waals surface area contributed by atoms with Crippen molar-refractivity contribution < 1.29 is 19.2 Å². The highest BCUT2D eigenvalue weighted by Crippen LogP contribution is 2.29. The second-order valence-electron chi connectivity index (χ2n) is 4.74. The molecule has 2 aromatic rings. The van der Waals surface area contributed by atoms with Gasteiger partial charge in [0.05, 0.1) is 24.8 Å². The smallest absolute Gasteiger partial charge is 0.270 e. The lowest BCUT2D eigenvalue weighted by Crippen LogP contribution is -2.09. The second kappa shape index (κ2) is 7.77. The molecule has 2 rings (SSSR count). The molecule has 0 aliphatic rings. The number of carbonyl (C=O) groups is 1. The average molecular weight is 328 g/mol. The number of hydrogen-bond acceptors (Lipinski definition) is 5. The highest BCUT2D eigenvalue weighted by Gasteiger charge is 2.08. The van der Waals surface area contributed by atoms with Gasteiger partial charge in [-0.05, 0) is 23.8 Å². The molecule has 1 N–H and O–H groups in total. The number of nitro groups is 1. The number of anilines is 1. The summed E-state index contributed by atoms with van der Waals surface area (Å²) in [7, 11) is 3.03. The fourth-order valence-corrected chi connectivity index (χ4v) is 1.99. The first kappa shape index (κ1) is 17.0. The van der Waals surface area contributed by atoms with Gasteiger partial charge in [0, 0.05) is 24.3 Å². The predicted octanol–water partition coefficient (Wildman–Crippen LogP) is 3.26. The lowest BCUT2D eigenvalue weighted by Gasteiger charge is -2.10. The van der Waals surface area contributed by atoms with Crippen LogP contribution in [-0.2, 0) is 4.79 Å². The monoisotopic (exact) mass is 328 g/mol. The fraction of sp³-hybridized carbons (Fsp3) is 0.118. The van der Waals surface area contributed by atoms with Crippen molar-refractivity contribution in [2.75, 3.05) is 19.5 Å². The molecule has 0 radical (unpaired) electrons. The zero-order valence-corrected chi connectivity index (χ0v) is 13.2. The molecule has 0 aliphatic carbocycles. The third-order valence-corrected chi connectivity index (χ3v) is 3.17. The van der Waals surface area contributed by atoms with Crippen molar-refractivity contribution in [1.29, 1.82) is 0 Å². The van der Waals surface area contributed by atoms with E-state index >= 15 is 0 Å². The van der Waals surface area contributed by atoms with Crippen LogP contribution >= 0.6 is 0 Å². The van der Waals surface area contributed by atoms with Gasteiger partial charge >= 0.3 is 0 Å². The van der Waals surface area contributed by atoms with E-state index in [2.05, 4.69) is 5.32 Å². The number of non-ortho nitro benzene ring substituents is 1. The zero-order valence-electron chi connectivity index (χ0n) is 13.2. The van der Waals surface area contributed by atoms with Gasteiger partial charge in [-0.25, -0.2) is 0 Å². The van der Waals surface area contributed by atoms with Crippen molar-refractivity contribution >= 4 is 23.4 Å². The van der Waals surface area contributed by atoms with Crippen LogP contribution in [0.2, 0.25) is 0 Å². The van der Waals surface area contributed by atoms with Gasteiger partial charge in [-0.2, -0.15) is 0 Å². The Labute approximate surface area is 138 Å². The van der Waals surface area contributed by atoms with Gasteiger partial charge in [-0.15, -0.1) is 0 Å². The first-order chi connectivity index (χ1) is 11.5. The molecule has 1 amide bonds. The zero-order chi connectivity index (χ0) is 17.5. The van der Waals surface area contributed by atoms with Crippen LogP contribution in [0, 0.1) is 10.1 Å². The highest BCUT2D eigenvalue weighted by molar-refractivity contribution is 6.02. The topological polar surface area (TPSA) is 90.7 Å². The summed E-state index contributed by atoms with van der Waals surface area (Å²) in [6.07, 6.45) is 2.79. The number of rotatable bonds is 6. The lowest BCUT2D eigenvalue weighted by atomic mass is 10.2. The Morgan fingerprint density at radius 1 is 1.17 bits per heavy atom. The highest BCUT2D eigenvalue weighted by atomic mass is 16.6. The number of nitrogens with zero attached hydrogens (tertiary/aromatic N) is 1. The van der Waals surface area contributed by atoms with Crippen LogP contribution in [0.15, 0.2) is 48.5 Å². The standard InChI is InChI=1S/C17H16N2O5/c1-23-14-7-8-15(16(11-14)24-2)18-17(20)9-6-12-4-3-5-13(10-12)19(21)22/h3-11H,1-2H3,(H,18,20)/b9-6-. The van der Waals surface area contributed by atoms with Crippen molar-refractivity contribution in [2.24, 2.45) is 0 Å². The Balaban J connectivity index is 2.10. The number of nitrogens with one attached hydrogen (secondary N) is 1. The third-order valence-electron chi connectivity index (χ3n) is 3.17. The maximum absolute atomic E-state index is 12.0. The first-order valence-electron chi connectivity index (χ1n) is 6.99. The van der Waals surface area contributed by atoms with Crippen LogP contribution < -0.4 is 14.8 Å². The van der Waals surface area contributed by atoms with Gasteiger partial charge in [0.1, 0.15) is 11.5 Å². The summed E-state index contributed by atoms with van der Waals surface area (Å²) in [4.78, 5) is 22.3. The van der Waals surface area contributed by atoms with E-state index < -0.39 is 4.92 Å². The Bertz CT molecular complexity index is 786. The van der Waals surface area contributed by atoms with Crippen LogP contribution in [0.25, 0.3) is 6.08 Å². The molecule has 124 valence electrons. The summed E-state index contributed by atoms with van der Waals surface area (Å²) in [6, 6.07) is 11.0. The molecule has 7 heteroatoms. The summed E-state index contributed by atoms with van der Waals surface area (Å²) in [6.45, 7) is 0. The van der Waals surface area contributed by atoms with Crippen molar-refractivity contribution in [3.8, 4) is 11.5 Å². The molecule has 0 fully saturated rings. The Morgan fingerprint density at radius 3 is 2.62 bits per heavy atom. The van der Waals surface area contributed by atoms with Gasteiger partial charge in [0.15, 0.2) is 0 Å². The van der Waals surface area contributed by atoms with Crippen molar-refractivity contribution in [1.82, 2.24) is 0 Å². The molecule has 0 unspecified atom stereocenters. The molecule has 0 saturated carbocycles. The van der Waals surface area contributed by atoms with Crippen LogP contribution in [-0.4, -0.2) is 25.1 Å². The fourth-order valence-electron chi connectivity index (χ4n) is 1.99. The molecule has 0 aliphatic heterocycles. The van der Waals surface area contributed by atoms with Crippen molar-refractivity contribution in [3.63, 3.8) is 0 Å². The minimum Gasteiger partial charge on any atom is -0.497 e. The quantitative estimate of drug-likeness (QED) is 0.499. The lowest BCUT2D eigenvalue weighted by molar-refractivity contribution is -0.384. The van der Waals surface area contributed by atoms with Crippen LogP contribution in [0.5, 0.6) is 11.5 Å². The van der Waals surface area contributed by atoms with Crippen LogP contribution in [0.1, 0.15) is 5.56 Å².